The largest absolute Gasteiger partial charge is 0.469 e. The summed E-state index contributed by atoms with van der Waals surface area (Å²) in [7, 11) is 1.36. The molecule has 12 heteroatoms. The zero-order chi connectivity index (χ0) is 26.3. The van der Waals surface area contributed by atoms with Crippen molar-refractivity contribution in [1.29, 1.82) is 0 Å². The molecule has 1 fully saturated rings. The van der Waals surface area contributed by atoms with Crippen molar-refractivity contribution in [2.45, 2.75) is 51.8 Å². The van der Waals surface area contributed by atoms with Crippen molar-refractivity contribution in [2.75, 3.05) is 12.4 Å². The number of rotatable bonds is 5. The van der Waals surface area contributed by atoms with Gasteiger partial charge in [-0.25, -0.2) is 15.0 Å². The molecule has 3 aromatic rings. The number of hydrogen-bond donors (Lipinski definition) is 2. The third kappa shape index (κ3) is 5.34. The molecule has 3 heterocycles. The van der Waals surface area contributed by atoms with Gasteiger partial charge >= 0.3 is 12.1 Å². The number of anilines is 2. The molecule has 0 aliphatic heterocycles. The molecule has 8 nitrogen and oxygen atoms in total. The first-order valence-corrected chi connectivity index (χ1v) is 12.1. The summed E-state index contributed by atoms with van der Waals surface area (Å²) < 4.78 is 43.9. The number of hydrogen-bond acceptors (Lipinski definition) is 9. The van der Waals surface area contributed by atoms with E-state index >= 15 is 0 Å². The highest BCUT2D eigenvalue weighted by Crippen LogP contribution is 2.51. The van der Waals surface area contributed by atoms with Crippen molar-refractivity contribution in [1.82, 2.24) is 19.9 Å². The summed E-state index contributed by atoms with van der Waals surface area (Å²) in [5, 5.41) is 14.8. The number of halogens is 3. The van der Waals surface area contributed by atoms with Crippen LogP contribution in [0.5, 0.6) is 0 Å². The van der Waals surface area contributed by atoms with Gasteiger partial charge in [0.05, 0.1) is 23.6 Å². The Bertz CT molecular complexity index is 1280. The maximum atomic E-state index is 13.0. The van der Waals surface area contributed by atoms with Crippen molar-refractivity contribution in [3.05, 3.63) is 47.0 Å². The smallest absolute Gasteiger partial charge is 0.433 e. The van der Waals surface area contributed by atoms with Gasteiger partial charge in [0.1, 0.15) is 16.3 Å². The number of methoxy groups -OCH3 is 1. The van der Waals surface area contributed by atoms with Gasteiger partial charge in [-0.1, -0.05) is 13.8 Å². The first-order chi connectivity index (χ1) is 16.8. The fraction of sp³-hybridized carbons (Fsp3) is 0.458. The standard InChI is InChI=1S/C24H26F3N5O3S/c1-13-9-14(31-21-28-8-6-18(32-21)24(25,26)27)10-16(30-13)17-11-29-20(36-17)23(34)7-5-15(19(33)35-4)22(2,3)12-23/h6,8-11,15,34H,5,7,12H2,1-4H3,(H,28,30,31,32)/t15-,23-/m1/s1. The molecule has 4 rings (SSSR count). The fourth-order valence-electron chi connectivity index (χ4n) is 4.68. The highest BCUT2D eigenvalue weighted by atomic mass is 32.1. The summed E-state index contributed by atoms with van der Waals surface area (Å²) in [6.45, 7) is 5.63. The van der Waals surface area contributed by atoms with E-state index in [1.54, 1.807) is 25.3 Å². The molecule has 0 saturated heterocycles. The van der Waals surface area contributed by atoms with E-state index in [0.717, 1.165) is 12.3 Å². The number of aryl methyl sites for hydroxylation is 1. The number of carbonyl (C=O) groups is 1. The third-order valence-corrected chi connectivity index (χ3v) is 7.55. The second kappa shape index (κ2) is 9.40. The van der Waals surface area contributed by atoms with Crippen LogP contribution in [0.2, 0.25) is 0 Å². The second-order valence-electron chi connectivity index (χ2n) is 9.61. The number of aromatic nitrogens is 4. The van der Waals surface area contributed by atoms with Crippen LogP contribution < -0.4 is 5.32 Å². The first-order valence-electron chi connectivity index (χ1n) is 11.2. The van der Waals surface area contributed by atoms with E-state index in [-0.39, 0.29) is 17.8 Å². The van der Waals surface area contributed by atoms with E-state index in [1.165, 1.54) is 18.4 Å². The van der Waals surface area contributed by atoms with Gasteiger partial charge in [0.25, 0.3) is 0 Å². The van der Waals surface area contributed by atoms with Crippen molar-refractivity contribution < 1.29 is 27.8 Å². The van der Waals surface area contributed by atoms with Gasteiger partial charge in [0.2, 0.25) is 5.95 Å². The van der Waals surface area contributed by atoms with Crippen molar-refractivity contribution in [2.24, 2.45) is 11.3 Å². The number of nitrogens with zero attached hydrogens (tertiary/aromatic N) is 4. The minimum atomic E-state index is -4.58. The van der Waals surface area contributed by atoms with E-state index in [4.69, 9.17) is 4.74 Å². The Morgan fingerprint density at radius 3 is 2.67 bits per heavy atom. The SMILES string of the molecule is COC(=O)[C@H]1CC[C@](O)(c2ncc(-c3cc(Nc4nccc(C(F)(F)F)n4)cc(C)n3)s2)CC1(C)C. The van der Waals surface area contributed by atoms with Gasteiger partial charge in [-0.05, 0) is 49.8 Å². The molecule has 36 heavy (non-hydrogen) atoms. The maximum absolute atomic E-state index is 13.0. The van der Waals surface area contributed by atoms with Crippen LogP contribution >= 0.6 is 11.3 Å². The molecule has 2 N–H and O–H groups in total. The molecular formula is C24H26F3N5O3S. The van der Waals surface area contributed by atoms with Gasteiger partial charge < -0.3 is 15.2 Å². The molecule has 0 amide bonds. The number of ether oxygens (including phenoxy) is 1. The van der Waals surface area contributed by atoms with Gasteiger partial charge in [0, 0.05) is 23.8 Å². The highest BCUT2D eigenvalue weighted by Gasteiger charge is 2.49. The molecule has 1 saturated carbocycles. The second-order valence-corrected chi connectivity index (χ2v) is 10.6. The zero-order valence-corrected chi connectivity index (χ0v) is 21.0. The topological polar surface area (TPSA) is 110 Å². The molecule has 1 aliphatic rings. The Morgan fingerprint density at radius 2 is 2.00 bits per heavy atom. The average Bonchev–Trinajstić information content (AvgIpc) is 3.29. The minimum Gasteiger partial charge on any atom is -0.469 e. The first kappa shape index (κ1) is 26.0. The summed E-state index contributed by atoms with van der Waals surface area (Å²) in [4.78, 5) is 29.3. The van der Waals surface area contributed by atoms with Crippen molar-refractivity contribution in [3.63, 3.8) is 0 Å². The molecule has 0 unspecified atom stereocenters. The van der Waals surface area contributed by atoms with Gasteiger partial charge in [0.15, 0.2) is 0 Å². The number of aliphatic hydroxyl groups is 1. The molecule has 0 aromatic carbocycles. The lowest BCUT2D eigenvalue weighted by Crippen LogP contribution is -2.45. The van der Waals surface area contributed by atoms with Crippen molar-refractivity contribution in [3.8, 4) is 10.6 Å². The molecule has 1 aliphatic carbocycles. The maximum Gasteiger partial charge on any atom is 0.433 e. The van der Waals surface area contributed by atoms with Crippen LogP contribution in [-0.2, 0) is 21.3 Å². The predicted molar refractivity (Wildman–Crippen MR) is 127 cm³/mol. The Morgan fingerprint density at radius 1 is 1.25 bits per heavy atom. The Kier molecular flexibility index (Phi) is 6.78. The van der Waals surface area contributed by atoms with Gasteiger partial charge in [-0.3, -0.25) is 9.78 Å². The molecule has 2 atom stereocenters. The lowest BCUT2D eigenvalue weighted by molar-refractivity contribution is -0.157. The fourth-order valence-corrected chi connectivity index (χ4v) is 5.67. The lowest BCUT2D eigenvalue weighted by Gasteiger charge is -2.44. The lowest BCUT2D eigenvalue weighted by atomic mass is 9.63. The Balaban J connectivity index is 1.58. The molecular weight excluding hydrogens is 495 g/mol. The monoisotopic (exact) mass is 521 g/mol. The van der Waals surface area contributed by atoms with Crippen LogP contribution in [0.25, 0.3) is 10.6 Å². The molecule has 0 radical (unpaired) electrons. The summed E-state index contributed by atoms with van der Waals surface area (Å²) in [6, 6.07) is 4.13. The van der Waals surface area contributed by atoms with E-state index in [0.29, 0.717) is 46.2 Å². The zero-order valence-electron chi connectivity index (χ0n) is 20.2. The van der Waals surface area contributed by atoms with Crippen LogP contribution in [0.1, 0.15) is 49.5 Å². The summed E-state index contributed by atoms with van der Waals surface area (Å²) in [5.74, 6) is -0.784. The average molecular weight is 522 g/mol. The predicted octanol–water partition coefficient (Wildman–Crippen LogP) is 5.25. The number of thiazole rings is 1. The van der Waals surface area contributed by atoms with Gasteiger partial charge in [-0.15, -0.1) is 11.3 Å². The molecule has 192 valence electrons. The molecule has 0 spiro atoms. The summed E-state index contributed by atoms with van der Waals surface area (Å²) in [5.41, 5.74) is -1.11. The molecule has 0 bridgehead atoms. The molecule has 3 aromatic heterocycles. The van der Waals surface area contributed by atoms with Gasteiger partial charge in [-0.2, -0.15) is 13.2 Å². The highest BCUT2D eigenvalue weighted by molar-refractivity contribution is 7.15. The van der Waals surface area contributed by atoms with Crippen LogP contribution in [0.3, 0.4) is 0 Å². The van der Waals surface area contributed by atoms with E-state index in [9.17, 15) is 23.1 Å². The number of carbonyl (C=O) groups excluding carboxylic acids is 1. The minimum absolute atomic E-state index is 0.190. The third-order valence-electron chi connectivity index (χ3n) is 6.34. The van der Waals surface area contributed by atoms with Crippen LogP contribution in [-0.4, -0.2) is 38.1 Å². The van der Waals surface area contributed by atoms with Crippen LogP contribution in [0.4, 0.5) is 24.8 Å². The number of nitrogens with one attached hydrogen (secondary N) is 1. The quantitative estimate of drug-likeness (QED) is 0.438. The van der Waals surface area contributed by atoms with E-state index in [1.807, 2.05) is 13.8 Å². The summed E-state index contributed by atoms with van der Waals surface area (Å²) >= 11 is 1.29. The Labute approximate surface area is 210 Å². The van der Waals surface area contributed by atoms with Crippen LogP contribution in [0.15, 0.2) is 30.6 Å². The summed E-state index contributed by atoms with van der Waals surface area (Å²) in [6.07, 6.45) is -0.748. The van der Waals surface area contributed by atoms with E-state index in [2.05, 4.69) is 25.3 Å². The van der Waals surface area contributed by atoms with E-state index < -0.39 is 22.9 Å². The number of pyridine rings is 1. The normalized spacial score (nSPS) is 21.7. The van der Waals surface area contributed by atoms with Crippen LogP contribution in [0, 0.1) is 18.3 Å². The number of alkyl halides is 3. The number of esters is 1. The Hall–Kier alpha value is -3.12. The van der Waals surface area contributed by atoms with Crippen molar-refractivity contribution >= 4 is 28.9 Å².